The number of carbonyl (C=O) groups is 1. The fourth-order valence-corrected chi connectivity index (χ4v) is 3.72. The van der Waals surface area contributed by atoms with Gasteiger partial charge in [-0.05, 0) is 31.2 Å². The number of hydrogen-bond donors (Lipinski definition) is 0. The summed E-state index contributed by atoms with van der Waals surface area (Å²) in [5, 5.41) is 18.3. The third-order valence-corrected chi connectivity index (χ3v) is 5.25. The number of esters is 1. The number of rotatable bonds is 4. The number of nitriles is 1. The molecule has 4 heterocycles. The van der Waals surface area contributed by atoms with Crippen LogP contribution >= 0.6 is 0 Å². The van der Waals surface area contributed by atoms with E-state index in [4.69, 9.17) is 9.15 Å². The molecule has 0 bridgehead atoms. The highest BCUT2D eigenvalue weighted by atomic mass is 16.5. The molecule has 0 unspecified atom stereocenters. The third-order valence-electron chi connectivity index (χ3n) is 5.25. The maximum atomic E-state index is 12.9. The van der Waals surface area contributed by atoms with E-state index in [1.165, 1.54) is 4.57 Å². The van der Waals surface area contributed by atoms with Gasteiger partial charge in [0.25, 0.3) is 5.56 Å². The Morgan fingerprint density at radius 1 is 1.19 bits per heavy atom. The topological polar surface area (TPSA) is 120 Å². The molecule has 10 nitrogen and oxygen atoms in total. The van der Waals surface area contributed by atoms with E-state index in [-0.39, 0.29) is 34.9 Å². The van der Waals surface area contributed by atoms with E-state index in [1.54, 1.807) is 71.7 Å². The molecule has 0 amide bonds. The molecular formula is C22H16N6O4. The van der Waals surface area contributed by atoms with Gasteiger partial charge in [-0.1, -0.05) is 12.1 Å². The molecule has 5 rings (SSSR count). The van der Waals surface area contributed by atoms with E-state index in [0.717, 1.165) is 0 Å². The van der Waals surface area contributed by atoms with Crippen molar-refractivity contribution in [2.45, 2.75) is 13.5 Å². The molecule has 0 aliphatic carbocycles. The maximum absolute atomic E-state index is 12.9. The number of benzene rings is 1. The fraction of sp³-hybridized carbons (Fsp3) is 0.136. The Balaban J connectivity index is 1.52. The molecule has 10 heteroatoms. The molecule has 0 radical (unpaired) electrons. The first kappa shape index (κ1) is 19.3. The summed E-state index contributed by atoms with van der Waals surface area (Å²) < 4.78 is 15.8. The quantitative estimate of drug-likeness (QED) is 0.403. The van der Waals surface area contributed by atoms with Crippen LogP contribution in [0.1, 0.15) is 27.5 Å². The van der Waals surface area contributed by atoms with Gasteiger partial charge in [0.05, 0.1) is 10.9 Å². The largest absolute Gasteiger partial charge is 0.454 e. The Bertz CT molecular complexity index is 1600. The van der Waals surface area contributed by atoms with Crippen molar-refractivity contribution in [3.8, 4) is 12.0 Å². The molecule has 4 aromatic heterocycles. The van der Waals surface area contributed by atoms with E-state index in [0.29, 0.717) is 22.5 Å². The average molecular weight is 428 g/mol. The van der Waals surface area contributed by atoms with Gasteiger partial charge < -0.3 is 9.15 Å². The highest BCUT2D eigenvalue weighted by molar-refractivity contribution is 5.94. The van der Waals surface area contributed by atoms with Crippen molar-refractivity contribution in [3.05, 3.63) is 81.9 Å². The number of nitrogens with zero attached hydrogens (tertiary/aromatic N) is 6. The number of aromatic nitrogens is 5. The van der Waals surface area contributed by atoms with Crippen LogP contribution in [0.5, 0.6) is 0 Å². The van der Waals surface area contributed by atoms with Gasteiger partial charge in [-0.15, -0.1) is 10.2 Å². The molecule has 0 aliphatic rings. The van der Waals surface area contributed by atoms with Crippen LogP contribution in [0.25, 0.3) is 22.6 Å². The molecule has 0 saturated carbocycles. The highest BCUT2D eigenvalue weighted by Crippen LogP contribution is 2.26. The van der Waals surface area contributed by atoms with Gasteiger partial charge in [0.2, 0.25) is 11.7 Å². The van der Waals surface area contributed by atoms with Crippen molar-refractivity contribution >= 4 is 22.6 Å². The molecule has 0 fully saturated rings. The number of fused-ring (bicyclic) bond motifs is 3. The Kier molecular flexibility index (Phi) is 4.37. The predicted molar refractivity (Wildman–Crippen MR) is 112 cm³/mol. The zero-order valence-electron chi connectivity index (χ0n) is 17.1. The molecule has 0 N–H and O–H groups in total. The number of hydrogen-bond acceptors (Lipinski definition) is 7. The second-order valence-electron chi connectivity index (χ2n) is 7.12. The average Bonchev–Trinajstić information content (AvgIpc) is 3.54. The SMILES string of the molecule is Cc1oc(-n2cccc2)c(C#N)c1C(=O)OCc1nnc2n(C)c(=O)c3ccccc3n12. The molecule has 158 valence electrons. The minimum atomic E-state index is -0.716. The molecule has 0 spiro atoms. The molecule has 5 aromatic rings. The standard InChI is InChI=1S/C22H16N6O4/c1-13-18(15(11-23)20(32-13)27-9-5-6-10-27)21(30)31-12-17-24-25-22-26(2)19(29)14-7-3-4-8-16(14)28(17)22/h3-10H,12H2,1-2H3. The van der Waals surface area contributed by atoms with Gasteiger partial charge >= 0.3 is 5.97 Å². The zero-order valence-corrected chi connectivity index (χ0v) is 17.1. The lowest BCUT2D eigenvalue weighted by Crippen LogP contribution is -2.20. The molecule has 32 heavy (non-hydrogen) atoms. The Morgan fingerprint density at radius 2 is 1.94 bits per heavy atom. The number of furan rings is 1. The van der Waals surface area contributed by atoms with E-state index in [9.17, 15) is 14.9 Å². The summed E-state index contributed by atoms with van der Waals surface area (Å²) in [5.74, 6) is 0.467. The lowest BCUT2D eigenvalue weighted by molar-refractivity contribution is 0.0459. The van der Waals surface area contributed by atoms with Gasteiger partial charge in [-0.2, -0.15) is 5.26 Å². The van der Waals surface area contributed by atoms with Gasteiger partial charge in [0.1, 0.15) is 23.0 Å². The van der Waals surface area contributed by atoms with Crippen LogP contribution in [-0.4, -0.2) is 29.7 Å². The van der Waals surface area contributed by atoms with Crippen LogP contribution in [0.2, 0.25) is 0 Å². The Labute approximate surface area is 180 Å². The van der Waals surface area contributed by atoms with Crippen molar-refractivity contribution in [3.63, 3.8) is 0 Å². The van der Waals surface area contributed by atoms with Crippen LogP contribution in [0.4, 0.5) is 0 Å². The Morgan fingerprint density at radius 3 is 2.69 bits per heavy atom. The van der Waals surface area contributed by atoms with E-state index in [1.807, 2.05) is 6.07 Å². The van der Waals surface area contributed by atoms with Crippen molar-refractivity contribution in [2.75, 3.05) is 0 Å². The van der Waals surface area contributed by atoms with Crippen molar-refractivity contribution < 1.29 is 13.9 Å². The van der Waals surface area contributed by atoms with Crippen LogP contribution in [-0.2, 0) is 18.4 Å². The summed E-state index contributed by atoms with van der Waals surface area (Å²) in [7, 11) is 1.60. The van der Waals surface area contributed by atoms with Gasteiger partial charge in [0, 0.05) is 19.4 Å². The van der Waals surface area contributed by atoms with Crippen LogP contribution in [0.15, 0.2) is 58.0 Å². The summed E-state index contributed by atoms with van der Waals surface area (Å²) >= 11 is 0. The number of carbonyl (C=O) groups excluding carboxylic acids is 1. The predicted octanol–water partition coefficient (Wildman–Crippen LogP) is 2.50. The first-order valence-electron chi connectivity index (χ1n) is 9.67. The van der Waals surface area contributed by atoms with E-state index in [2.05, 4.69) is 10.2 Å². The molecule has 1 aromatic carbocycles. The Hall–Kier alpha value is -4.65. The molecule has 0 aliphatic heterocycles. The minimum Gasteiger partial charge on any atom is -0.454 e. The second-order valence-corrected chi connectivity index (χ2v) is 7.12. The minimum absolute atomic E-state index is 0.0577. The van der Waals surface area contributed by atoms with Gasteiger partial charge in [0.15, 0.2) is 12.4 Å². The maximum Gasteiger partial charge on any atom is 0.343 e. The summed E-state index contributed by atoms with van der Waals surface area (Å²) in [4.78, 5) is 25.5. The van der Waals surface area contributed by atoms with Crippen LogP contribution < -0.4 is 5.56 Å². The number of ether oxygens (including phenoxy) is 1. The molecule has 0 atom stereocenters. The van der Waals surface area contributed by atoms with Crippen molar-refractivity contribution in [2.24, 2.45) is 7.05 Å². The highest BCUT2D eigenvalue weighted by Gasteiger charge is 2.26. The third kappa shape index (κ3) is 2.79. The monoisotopic (exact) mass is 428 g/mol. The van der Waals surface area contributed by atoms with Crippen LogP contribution in [0.3, 0.4) is 0 Å². The first-order valence-corrected chi connectivity index (χ1v) is 9.67. The smallest absolute Gasteiger partial charge is 0.343 e. The summed E-state index contributed by atoms with van der Waals surface area (Å²) in [6.45, 7) is 1.39. The molecular weight excluding hydrogens is 412 g/mol. The van der Waals surface area contributed by atoms with Crippen LogP contribution in [0, 0.1) is 18.3 Å². The number of aryl methyl sites for hydroxylation is 2. The summed E-state index contributed by atoms with van der Waals surface area (Å²) in [6, 6.07) is 12.6. The van der Waals surface area contributed by atoms with E-state index < -0.39 is 5.97 Å². The normalized spacial score (nSPS) is 11.2. The van der Waals surface area contributed by atoms with E-state index >= 15 is 0 Å². The van der Waals surface area contributed by atoms with Gasteiger partial charge in [-0.25, -0.2) is 4.79 Å². The number of para-hydroxylation sites is 1. The fourth-order valence-electron chi connectivity index (χ4n) is 3.72. The zero-order chi connectivity index (χ0) is 22.4. The second kappa shape index (κ2) is 7.24. The van der Waals surface area contributed by atoms with Gasteiger partial charge in [-0.3, -0.25) is 18.3 Å². The summed E-state index contributed by atoms with van der Waals surface area (Å²) in [5.41, 5.74) is 0.549. The lowest BCUT2D eigenvalue weighted by Gasteiger charge is -2.08. The van der Waals surface area contributed by atoms with Crippen molar-refractivity contribution in [1.29, 1.82) is 5.26 Å². The first-order chi connectivity index (χ1) is 15.5. The molecule has 0 saturated heterocycles. The summed E-state index contributed by atoms with van der Waals surface area (Å²) in [6.07, 6.45) is 3.43. The van der Waals surface area contributed by atoms with Crippen molar-refractivity contribution in [1.82, 2.24) is 23.7 Å². The lowest BCUT2D eigenvalue weighted by atomic mass is 10.1.